The zero-order valence-corrected chi connectivity index (χ0v) is 15.7. The number of aryl methyl sites for hydroxylation is 1. The Balaban J connectivity index is 0.00000288. The molecule has 4 nitrogen and oxygen atoms in total. The van der Waals surface area contributed by atoms with Gasteiger partial charge in [0.15, 0.2) is 0 Å². The maximum Gasteiger partial charge on any atom is 0.222 e. The molecule has 0 aromatic heterocycles. The Kier molecular flexibility index (Phi) is 9.80. The van der Waals surface area contributed by atoms with Crippen molar-refractivity contribution in [2.75, 3.05) is 33.3 Å². The third-order valence-corrected chi connectivity index (χ3v) is 4.64. The van der Waals surface area contributed by atoms with E-state index in [1.807, 2.05) is 43.1 Å². The van der Waals surface area contributed by atoms with Crippen molar-refractivity contribution in [3.63, 3.8) is 0 Å². The van der Waals surface area contributed by atoms with Gasteiger partial charge in [-0.2, -0.15) is 0 Å². The number of nitrogens with one attached hydrogen (secondary N) is 1. The number of amides is 1. The Morgan fingerprint density at radius 2 is 2.00 bits per heavy atom. The van der Waals surface area contributed by atoms with Gasteiger partial charge in [0.05, 0.1) is 6.61 Å². The van der Waals surface area contributed by atoms with Gasteiger partial charge >= 0.3 is 0 Å². The highest BCUT2D eigenvalue weighted by molar-refractivity contribution is 5.85. The van der Waals surface area contributed by atoms with Crippen LogP contribution in [0.25, 0.3) is 0 Å². The summed E-state index contributed by atoms with van der Waals surface area (Å²) >= 11 is 0. The summed E-state index contributed by atoms with van der Waals surface area (Å²) in [6.45, 7) is 5.66. The van der Waals surface area contributed by atoms with Gasteiger partial charge in [0, 0.05) is 20.0 Å². The molecule has 1 heterocycles. The number of rotatable bonds is 8. The number of hydrogen-bond donors (Lipinski definition) is 1. The molecule has 0 spiro atoms. The van der Waals surface area contributed by atoms with Crippen molar-refractivity contribution in [1.29, 1.82) is 0 Å². The highest BCUT2D eigenvalue weighted by Gasteiger charge is 2.16. The lowest BCUT2D eigenvalue weighted by Crippen LogP contribution is -2.31. The lowest BCUT2D eigenvalue weighted by molar-refractivity contribution is -0.130. The SMILES string of the molecule is Cc1ccccc1OCCCN(C)C(=O)CCC1CCNCC1.Cl. The number of benzene rings is 1. The van der Waals surface area contributed by atoms with Gasteiger partial charge in [-0.25, -0.2) is 0 Å². The van der Waals surface area contributed by atoms with Crippen LogP contribution in [0.15, 0.2) is 24.3 Å². The zero-order chi connectivity index (χ0) is 16.5. The van der Waals surface area contributed by atoms with Crippen molar-refractivity contribution in [3.8, 4) is 5.75 Å². The van der Waals surface area contributed by atoms with E-state index in [1.54, 1.807) is 0 Å². The molecular formula is C19H31ClN2O2. The fourth-order valence-corrected chi connectivity index (χ4v) is 3.02. The van der Waals surface area contributed by atoms with Gasteiger partial charge in [-0.15, -0.1) is 12.4 Å². The van der Waals surface area contributed by atoms with E-state index in [9.17, 15) is 4.79 Å². The Hall–Kier alpha value is -1.26. The molecule has 1 fully saturated rings. The molecule has 136 valence electrons. The third kappa shape index (κ3) is 7.10. The molecule has 1 amide bonds. The Morgan fingerprint density at radius 3 is 2.71 bits per heavy atom. The average molecular weight is 355 g/mol. The topological polar surface area (TPSA) is 41.6 Å². The fraction of sp³-hybridized carbons (Fsp3) is 0.632. The zero-order valence-electron chi connectivity index (χ0n) is 14.9. The van der Waals surface area contributed by atoms with Crippen molar-refractivity contribution >= 4 is 18.3 Å². The summed E-state index contributed by atoms with van der Waals surface area (Å²) in [5.41, 5.74) is 1.15. The molecule has 2 rings (SSSR count). The molecule has 1 aromatic carbocycles. The van der Waals surface area contributed by atoms with Crippen molar-refractivity contribution < 1.29 is 9.53 Å². The lowest BCUT2D eigenvalue weighted by atomic mass is 9.93. The van der Waals surface area contributed by atoms with Crippen LogP contribution in [-0.2, 0) is 4.79 Å². The maximum atomic E-state index is 12.2. The molecule has 0 bridgehead atoms. The van der Waals surface area contributed by atoms with Crippen LogP contribution in [-0.4, -0.2) is 44.1 Å². The minimum atomic E-state index is 0. The Labute approximate surface area is 152 Å². The van der Waals surface area contributed by atoms with Crippen molar-refractivity contribution in [1.82, 2.24) is 10.2 Å². The molecule has 0 unspecified atom stereocenters. The number of ether oxygens (including phenoxy) is 1. The molecule has 1 aliphatic rings. The molecule has 0 saturated carbocycles. The van der Waals surface area contributed by atoms with Crippen LogP contribution in [0.5, 0.6) is 5.75 Å². The number of para-hydroxylation sites is 1. The molecule has 1 N–H and O–H groups in total. The van der Waals surface area contributed by atoms with E-state index in [0.29, 0.717) is 13.0 Å². The van der Waals surface area contributed by atoms with Crippen LogP contribution in [0, 0.1) is 12.8 Å². The first-order valence-electron chi connectivity index (χ1n) is 8.80. The van der Waals surface area contributed by atoms with E-state index in [0.717, 1.165) is 49.7 Å². The van der Waals surface area contributed by atoms with Gasteiger partial charge in [-0.3, -0.25) is 4.79 Å². The molecule has 0 aliphatic carbocycles. The largest absolute Gasteiger partial charge is 0.493 e. The van der Waals surface area contributed by atoms with Gasteiger partial charge in [0.2, 0.25) is 5.91 Å². The number of halogens is 1. The summed E-state index contributed by atoms with van der Waals surface area (Å²) in [5.74, 6) is 1.92. The van der Waals surface area contributed by atoms with Gasteiger partial charge in [-0.05, 0) is 63.2 Å². The van der Waals surface area contributed by atoms with Crippen LogP contribution < -0.4 is 10.1 Å². The molecule has 0 radical (unpaired) electrons. The Bertz CT molecular complexity index is 490. The lowest BCUT2D eigenvalue weighted by Gasteiger charge is -2.23. The molecule has 5 heteroatoms. The van der Waals surface area contributed by atoms with E-state index in [1.165, 1.54) is 12.8 Å². The van der Waals surface area contributed by atoms with E-state index >= 15 is 0 Å². The van der Waals surface area contributed by atoms with Crippen molar-refractivity contribution in [2.24, 2.45) is 5.92 Å². The highest BCUT2D eigenvalue weighted by Crippen LogP contribution is 2.18. The standard InChI is InChI=1S/C19H30N2O2.ClH/c1-16-6-3-4-7-18(16)23-15-5-14-21(2)19(22)9-8-17-10-12-20-13-11-17;/h3-4,6-7,17,20H,5,8-15H2,1-2H3;1H. The number of piperidine rings is 1. The summed E-state index contributed by atoms with van der Waals surface area (Å²) in [6.07, 6.45) is 5.00. The molecule has 1 aromatic rings. The third-order valence-electron chi connectivity index (χ3n) is 4.64. The number of nitrogens with zero attached hydrogens (tertiary/aromatic N) is 1. The summed E-state index contributed by atoms with van der Waals surface area (Å²) in [7, 11) is 1.90. The predicted octanol–water partition coefficient (Wildman–Crippen LogP) is 3.42. The number of carbonyl (C=O) groups is 1. The van der Waals surface area contributed by atoms with Crippen LogP contribution >= 0.6 is 12.4 Å². The van der Waals surface area contributed by atoms with E-state index in [2.05, 4.69) is 5.32 Å². The first-order chi connectivity index (χ1) is 11.2. The predicted molar refractivity (Wildman–Crippen MR) is 101 cm³/mol. The normalized spacial score (nSPS) is 14.8. The minimum Gasteiger partial charge on any atom is -0.493 e. The van der Waals surface area contributed by atoms with E-state index in [4.69, 9.17) is 4.74 Å². The molecule has 0 atom stereocenters. The average Bonchev–Trinajstić information content (AvgIpc) is 2.58. The molecular weight excluding hydrogens is 324 g/mol. The maximum absolute atomic E-state index is 12.2. The monoisotopic (exact) mass is 354 g/mol. The summed E-state index contributed by atoms with van der Waals surface area (Å²) in [4.78, 5) is 14.0. The fourth-order valence-electron chi connectivity index (χ4n) is 3.02. The molecule has 1 aliphatic heterocycles. The van der Waals surface area contributed by atoms with E-state index < -0.39 is 0 Å². The van der Waals surface area contributed by atoms with Gasteiger partial charge in [0.1, 0.15) is 5.75 Å². The van der Waals surface area contributed by atoms with Crippen molar-refractivity contribution in [3.05, 3.63) is 29.8 Å². The van der Waals surface area contributed by atoms with Gasteiger partial charge < -0.3 is 15.0 Å². The second kappa shape index (κ2) is 11.3. The van der Waals surface area contributed by atoms with Crippen LogP contribution in [0.4, 0.5) is 0 Å². The molecule has 24 heavy (non-hydrogen) atoms. The first kappa shape index (κ1) is 20.8. The summed E-state index contributed by atoms with van der Waals surface area (Å²) < 4.78 is 5.78. The quantitative estimate of drug-likeness (QED) is 0.727. The van der Waals surface area contributed by atoms with Crippen molar-refractivity contribution in [2.45, 2.75) is 39.0 Å². The second-order valence-electron chi connectivity index (χ2n) is 6.51. The number of hydrogen-bond acceptors (Lipinski definition) is 3. The van der Waals surface area contributed by atoms with Gasteiger partial charge in [-0.1, -0.05) is 18.2 Å². The van der Waals surface area contributed by atoms with Crippen LogP contribution in [0.1, 0.15) is 37.7 Å². The van der Waals surface area contributed by atoms with Crippen LogP contribution in [0.2, 0.25) is 0 Å². The van der Waals surface area contributed by atoms with Crippen LogP contribution in [0.3, 0.4) is 0 Å². The second-order valence-corrected chi connectivity index (χ2v) is 6.51. The minimum absolute atomic E-state index is 0. The van der Waals surface area contributed by atoms with E-state index in [-0.39, 0.29) is 18.3 Å². The smallest absolute Gasteiger partial charge is 0.222 e. The van der Waals surface area contributed by atoms with Gasteiger partial charge in [0.25, 0.3) is 0 Å². The highest BCUT2D eigenvalue weighted by atomic mass is 35.5. The summed E-state index contributed by atoms with van der Waals surface area (Å²) in [5, 5.41) is 3.37. The number of carbonyl (C=O) groups excluding carboxylic acids is 1. The molecule has 1 saturated heterocycles. The summed E-state index contributed by atoms with van der Waals surface area (Å²) in [6, 6.07) is 8.03. The Morgan fingerprint density at radius 1 is 1.29 bits per heavy atom. The first-order valence-corrected chi connectivity index (χ1v) is 8.80.